The highest BCUT2D eigenvalue weighted by atomic mass is 19.4. The number of nitrogens with zero attached hydrogens (tertiary/aromatic N) is 2. The number of likely N-dealkylation sites (tertiary alicyclic amines) is 1. The molecular weight excluding hydrogens is 467 g/mol. The normalized spacial score (nSPS) is 14.9. The highest BCUT2D eigenvalue weighted by Gasteiger charge is 2.31. The highest BCUT2D eigenvalue weighted by molar-refractivity contribution is 6.03. The Morgan fingerprint density at radius 1 is 1.14 bits per heavy atom. The lowest BCUT2D eigenvalue weighted by Gasteiger charge is -2.33. The average Bonchev–Trinajstić information content (AvgIpc) is 2.78. The first-order chi connectivity index (χ1) is 16.4. The van der Waals surface area contributed by atoms with E-state index in [1.165, 1.54) is 24.4 Å². The SMILES string of the molecule is CC(C)(C)OC(=O)N1CCC(Oc2ccnc(Nc3ccc(C(F)(F)F)cc3)c2C(=N)NO)CC1. The summed E-state index contributed by atoms with van der Waals surface area (Å²) < 4.78 is 50.0. The number of amidine groups is 1. The molecule has 9 nitrogen and oxygen atoms in total. The smallest absolute Gasteiger partial charge is 0.416 e. The van der Waals surface area contributed by atoms with Crippen LogP contribution in [0.15, 0.2) is 36.5 Å². The summed E-state index contributed by atoms with van der Waals surface area (Å²) in [6.07, 6.45) is -2.68. The predicted molar refractivity (Wildman–Crippen MR) is 122 cm³/mol. The van der Waals surface area contributed by atoms with Crippen molar-refractivity contribution in [3.8, 4) is 5.75 Å². The van der Waals surface area contributed by atoms with E-state index in [4.69, 9.17) is 14.9 Å². The fraction of sp³-hybridized carbons (Fsp3) is 0.435. The van der Waals surface area contributed by atoms with Crippen molar-refractivity contribution in [2.24, 2.45) is 0 Å². The summed E-state index contributed by atoms with van der Waals surface area (Å²) in [6, 6.07) is 5.86. The zero-order valence-corrected chi connectivity index (χ0v) is 19.6. The van der Waals surface area contributed by atoms with E-state index < -0.39 is 29.3 Å². The van der Waals surface area contributed by atoms with E-state index in [0.29, 0.717) is 31.6 Å². The number of hydrogen-bond donors (Lipinski definition) is 4. The number of amides is 1. The number of aromatic nitrogens is 1. The largest absolute Gasteiger partial charge is 0.489 e. The third-order valence-electron chi connectivity index (χ3n) is 5.14. The van der Waals surface area contributed by atoms with Crippen molar-refractivity contribution in [1.29, 1.82) is 5.41 Å². The summed E-state index contributed by atoms with van der Waals surface area (Å²) in [4.78, 5) is 18.0. The lowest BCUT2D eigenvalue weighted by atomic mass is 10.1. The van der Waals surface area contributed by atoms with Gasteiger partial charge in [0, 0.05) is 37.8 Å². The lowest BCUT2D eigenvalue weighted by molar-refractivity contribution is -0.137. The molecule has 1 aromatic heterocycles. The third kappa shape index (κ3) is 6.98. The van der Waals surface area contributed by atoms with Gasteiger partial charge in [-0.1, -0.05) is 0 Å². The van der Waals surface area contributed by atoms with Gasteiger partial charge in [-0.05, 0) is 51.1 Å². The molecule has 0 atom stereocenters. The van der Waals surface area contributed by atoms with Gasteiger partial charge in [-0.3, -0.25) is 16.1 Å². The second kappa shape index (κ2) is 10.4. The Kier molecular flexibility index (Phi) is 7.73. The molecule has 2 heterocycles. The zero-order chi connectivity index (χ0) is 25.8. The van der Waals surface area contributed by atoms with Gasteiger partial charge in [0.1, 0.15) is 28.8 Å². The molecular formula is C23H28F3N5O4. The minimum Gasteiger partial charge on any atom is -0.489 e. The van der Waals surface area contributed by atoms with Crippen LogP contribution in [-0.2, 0) is 10.9 Å². The van der Waals surface area contributed by atoms with Crippen LogP contribution < -0.4 is 15.5 Å². The van der Waals surface area contributed by atoms with Crippen molar-refractivity contribution in [2.75, 3.05) is 18.4 Å². The number of piperidine rings is 1. The predicted octanol–water partition coefficient (Wildman–Crippen LogP) is 4.93. The second-order valence-corrected chi connectivity index (χ2v) is 9.00. The number of carbonyl (C=O) groups excluding carboxylic acids is 1. The Morgan fingerprint density at radius 2 is 1.77 bits per heavy atom. The summed E-state index contributed by atoms with van der Waals surface area (Å²) in [5.74, 6) is -0.0506. The Balaban J connectivity index is 1.73. The topological polar surface area (TPSA) is 120 Å². The van der Waals surface area contributed by atoms with Crippen molar-refractivity contribution in [3.05, 3.63) is 47.7 Å². The van der Waals surface area contributed by atoms with Crippen LogP contribution in [0.25, 0.3) is 0 Å². The number of nitrogens with one attached hydrogen (secondary N) is 3. The minimum atomic E-state index is -4.46. The molecule has 2 aromatic rings. The van der Waals surface area contributed by atoms with Crippen LogP contribution in [0.1, 0.15) is 44.7 Å². The van der Waals surface area contributed by atoms with Crippen LogP contribution in [-0.4, -0.2) is 51.8 Å². The van der Waals surface area contributed by atoms with Crippen LogP contribution in [0.5, 0.6) is 5.75 Å². The molecule has 1 amide bonds. The molecule has 0 aliphatic carbocycles. The molecule has 0 saturated carbocycles. The van der Waals surface area contributed by atoms with Gasteiger partial charge in [0.15, 0.2) is 5.84 Å². The first kappa shape index (κ1) is 26.1. The molecule has 0 unspecified atom stereocenters. The van der Waals surface area contributed by atoms with E-state index in [0.717, 1.165) is 12.1 Å². The summed E-state index contributed by atoms with van der Waals surface area (Å²) in [5.41, 5.74) is 0.782. The molecule has 4 N–H and O–H groups in total. The maximum Gasteiger partial charge on any atom is 0.416 e. The average molecular weight is 496 g/mol. The molecule has 1 aromatic carbocycles. The van der Waals surface area contributed by atoms with E-state index in [1.54, 1.807) is 31.2 Å². The summed E-state index contributed by atoms with van der Waals surface area (Å²) in [7, 11) is 0. The molecule has 1 saturated heterocycles. The number of carbonyl (C=O) groups is 1. The van der Waals surface area contributed by atoms with Gasteiger partial charge in [-0.2, -0.15) is 13.2 Å². The van der Waals surface area contributed by atoms with Crippen LogP contribution >= 0.6 is 0 Å². The molecule has 0 bridgehead atoms. The van der Waals surface area contributed by atoms with Gasteiger partial charge >= 0.3 is 12.3 Å². The molecule has 1 fully saturated rings. The third-order valence-corrected chi connectivity index (χ3v) is 5.14. The van der Waals surface area contributed by atoms with Crippen molar-refractivity contribution < 1.29 is 32.6 Å². The van der Waals surface area contributed by atoms with E-state index in [9.17, 15) is 23.2 Å². The number of ether oxygens (including phenoxy) is 2. The Bertz CT molecular complexity index is 1050. The van der Waals surface area contributed by atoms with Gasteiger partial charge in [0.2, 0.25) is 0 Å². The van der Waals surface area contributed by atoms with Crippen LogP contribution in [0.3, 0.4) is 0 Å². The highest BCUT2D eigenvalue weighted by Crippen LogP contribution is 2.32. The summed E-state index contributed by atoms with van der Waals surface area (Å²) in [6.45, 7) is 6.24. The Morgan fingerprint density at radius 3 is 2.31 bits per heavy atom. The molecule has 3 rings (SSSR count). The maximum atomic E-state index is 12.8. The number of rotatable bonds is 5. The maximum absolute atomic E-state index is 12.8. The standard InChI is InChI=1S/C23H28F3N5O4/c1-22(2,3)35-21(32)31-12-9-16(10-13-31)34-17-8-11-28-20(18(17)19(27)30-33)29-15-6-4-14(5-7-15)23(24,25)26/h4-8,11,16,33H,9-10,12-13H2,1-3H3,(H2,27,30)(H,28,29). The monoisotopic (exact) mass is 495 g/mol. The van der Waals surface area contributed by atoms with Gasteiger partial charge in [0.05, 0.1) is 5.56 Å². The first-order valence-electron chi connectivity index (χ1n) is 10.9. The van der Waals surface area contributed by atoms with E-state index in [-0.39, 0.29) is 23.2 Å². The van der Waals surface area contributed by atoms with Gasteiger partial charge in [0.25, 0.3) is 0 Å². The van der Waals surface area contributed by atoms with Crippen molar-refractivity contribution in [2.45, 2.75) is 51.5 Å². The van der Waals surface area contributed by atoms with E-state index in [1.807, 2.05) is 0 Å². The Labute approximate surface area is 200 Å². The van der Waals surface area contributed by atoms with Crippen LogP contribution in [0.2, 0.25) is 0 Å². The first-order valence-corrected chi connectivity index (χ1v) is 10.9. The summed E-state index contributed by atoms with van der Waals surface area (Å²) in [5, 5.41) is 20.3. The fourth-order valence-electron chi connectivity index (χ4n) is 3.48. The lowest BCUT2D eigenvalue weighted by Crippen LogP contribution is -2.44. The molecule has 0 spiro atoms. The molecule has 0 radical (unpaired) electrons. The number of anilines is 2. The van der Waals surface area contributed by atoms with Gasteiger partial charge in [-0.25, -0.2) is 9.78 Å². The Hall–Kier alpha value is -3.54. The molecule has 12 heteroatoms. The molecule has 35 heavy (non-hydrogen) atoms. The minimum absolute atomic E-state index is 0.101. The van der Waals surface area contributed by atoms with Gasteiger partial charge < -0.3 is 19.7 Å². The summed E-state index contributed by atoms with van der Waals surface area (Å²) >= 11 is 0. The number of hydrogen-bond acceptors (Lipinski definition) is 7. The molecule has 1 aliphatic heterocycles. The number of alkyl halides is 3. The number of halogens is 3. The van der Waals surface area contributed by atoms with Crippen molar-refractivity contribution >= 4 is 23.4 Å². The van der Waals surface area contributed by atoms with Crippen LogP contribution in [0.4, 0.5) is 29.5 Å². The fourth-order valence-corrected chi connectivity index (χ4v) is 3.48. The number of benzene rings is 1. The quantitative estimate of drug-likeness (QED) is 0.264. The van der Waals surface area contributed by atoms with Crippen molar-refractivity contribution in [1.82, 2.24) is 15.4 Å². The zero-order valence-electron chi connectivity index (χ0n) is 19.6. The van der Waals surface area contributed by atoms with Crippen LogP contribution in [0, 0.1) is 5.41 Å². The van der Waals surface area contributed by atoms with Crippen molar-refractivity contribution in [3.63, 3.8) is 0 Å². The van der Waals surface area contributed by atoms with E-state index >= 15 is 0 Å². The second-order valence-electron chi connectivity index (χ2n) is 9.00. The number of pyridine rings is 1. The van der Waals surface area contributed by atoms with Gasteiger partial charge in [-0.15, -0.1) is 0 Å². The van der Waals surface area contributed by atoms with E-state index in [2.05, 4.69) is 10.3 Å². The number of hydroxylamine groups is 1. The molecule has 190 valence electrons. The molecule has 1 aliphatic rings.